The number of benzene rings is 3. The van der Waals surface area contributed by atoms with Crippen molar-refractivity contribution in [2.45, 2.75) is 6.92 Å². The fourth-order valence-corrected chi connectivity index (χ4v) is 3.21. The zero-order valence-electron chi connectivity index (χ0n) is 13.6. The van der Waals surface area contributed by atoms with E-state index in [1.165, 1.54) is 16.7 Å². The molecule has 0 fully saturated rings. The molecule has 0 atom stereocenters. The maximum atomic E-state index is 5.91. The molecule has 2 heteroatoms. The first kappa shape index (κ1) is 14.6. The van der Waals surface area contributed by atoms with Crippen LogP contribution in [-0.4, -0.2) is 11.6 Å². The van der Waals surface area contributed by atoms with Crippen LogP contribution in [0.5, 0.6) is 5.75 Å². The van der Waals surface area contributed by atoms with Gasteiger partial charge in [-0.3, -0.25) is 0 Å². The van der Waals surface area contributed by atoms with Crippen LogP contribution in [0.4, 0.5) is 0 Å². The average molecular weight is 313 g/mol. The lowest BCUT2D eigenvalue weighted by molar-refractivity contribution is 0.344. The maximum absolute atomic E-state index is 5.91. The van der Waals surface area contributed by atoms with Gasteiger partial charge in [0.05, 0.1) is 17.8 Å². The highest BCUT2D eigenvalue weighted by Gasteiger charge is 2.18. The molecular weight excluding hydrogens is 294 g/mol. The summed E-state index contributed by atoms with van der Waals surface area (Å²) in [4.78, 5) is 3.60. The molecule has 4 rings (SSSR count). The Hall–Kier alpha value is -3.00. The summed E-state index contributed by atoms with van der Waals surface area (Å²) in [5, 5.41) is 1.14. The Morgan fingerprint density at radius 3 is 2.08 bits per heavy atom. The molecule has 0 bridgehead atoms. The maximum Gasteiger partial charge on any atom is 0.129 e. The Morgan fingerprint density at radius 1 is 0.750 bits per heavy atom. The molecule has 0 amide bonds. The van der Waals surface area contributed by atoms with Gasteiger partial charge in [-0.25, -0.2) is 0 Å². The summed E-state index contributed by atoms with van der Waals surface area (Å²) in [5.74, 6) is 0.923. The molecule has 4 aromatic rings. The van der Waals surface area contributed by atoms with E-state index in [4.69, 9.17) is 4.74 Å². The Balaban J connectivity index is 2.08. The van der Waals surface area contributed by atoms with Crippen LogP contribution in [0.2, 0.25) is 0 Å². The van der Waals surface area contributed by atoms with E-state index >= 15 is 0 Å². The largest absolute Gasteiger partial charge is 0.493 e. The first-order valence-corrected chi connectivity index (χ1v) is 8.27. The monoisotopic (exact) mass is 313 g/mol. The van der Waals surface area contributed by atoms with Crippen LogP contribution in [0.25, 0.3) is 33.3 Å². The van der Waals surface area contributed by atoms with Crippen LogP contribution in [0.1, 0.15) is 6.92 Å². The van der Waals surface area contributed by atoms with E-state index in [9.17, 15) is 0 Å². The highest BCUT2D eigenvalue weighted by Crippen LogP contribution is 2.42. The Labute approximate surface area is 141 Å². The highest BCUT2D eigenvalue weighted by molar-refractivity contribution is 6.06. The zero-order valence-corrected chi connectivity index (χ0v) is 13.6. The molecule has 1 N–H and O–H groups in total. The fraction of sp³-hybridized carbons (Fsp3) is 0.0909. The summed E-state index contributed by atoms with van der Waals surface area (Å²) >= 11 is 0. The normalized spacial score (nSPS) is 10.9. The fourth-order valence-electron chi connectivity index (χ4n) is 3.21. The van der Waals surface area contributed by atoms with Crippen molar-refractivity contribution in [3.05, 3.63) is 78.9 Å². The van der Waals surface area contributed by atoms with Crippen molar-refractivity contribution >= 4 is 10.9 Å². The molecule has 2 nitrogen and oxygen atoms in total. The van der Waals surface area contributed by atoms with Gasteiger partial charge in [-0.05, 0) is 30.2 Å². The summed E-state index contributed by atoms with van der Waals surface area (Å²) in [5.41, 5.74) is 5.79. The first-order valence-electron chi connectivity index (χ1n) is 8.27. The molecule has 0 radical (unpaired) electrons. The van der Waals surface area contributed by atoms with Crippen LogP contribution < -0.4 is 4.74 Å². The Kier molecular flexibility index (Phi) is 3.80. The Morgan fingerprint density at radius 2 is 1.42 bits per heavy atom. The molecule has 1 aromatic heterocycles. The number of nitrogens with one attached hydrogen (secondary N) is 1. The lowest BCUT2D eigenvalue weighted by Crippen LogP contribution is -1.92. The molecule has 0 saturated heterocycles. The summed E-state index contributed by atoms with van der Waals surface area (Å²) in [6.45, 7) is 2.67. The van der Waals surface area contributed by atoms with Gasteiger partial charge < -0.3 is 9.72 Å². The molecule has 0 spiro atoms. The highest BCUT2D eigenvalue weighted by atomic mass is 16.5. The smallest absolute Gasteiger partial charge is 0.129 e. The van der Waals surface area contributed by atoms with Crippen LogP contribution in [0, 0.1) is 0 Å². The first-order chi connectivity index (χ1) is 11.9. The number of hydrogen-bond donors (Lipinski definition) is 1. The molecule has 0 unspecified atom stereocenters. The number of fused-ring (bicyclic) bond motifs is 1. The average Bonchev–Trinajstić information content (AvgIpc) is 3.04. The predicted octanol–water partition coefficient (Wildman–Crippen LogP) is 5.90. The van der Waals surface area contributed by atoms with Crippen LogP contribution in [0.3, 0.4) is 0 Å². The van der Waals surface area contributed by atoms with E-state index in [1.54, 1.807) is 0 Å². The number of H-pyrrole nitrogens is 1. The van der Waals surface area contributed by atoms with Gasteiger partial charge in [0.2, 0.25) is 0 Å². The van der Waals surface area contributed by atoms with Gasteiger partial charge in [-0.1, -0.05) is 66.7 Å². The standard InChI is InChI=1S/C22H19NO/c1-2-24-19-15-9-14-18-21(19)20(16-10-5-3-6-11-16)22(23-18)17-12-7-4-8-13-17/h3-15,23H,2H2,1H3. The quantitative estimate of drug-likeness (QED) is 0.498. The van der Waals surface area contributed by atoms with Crippen molar-refractivity contribution in [1.82, 2.24) is 4.98 Å². The number of aromatic amines is 1. The van der Waals surface area contributed by atoms with Crippen LogP contribution in [-0.2, 0) is 0 Å². The number of hydrogen-bond acceptors (Lipinski definition) is 1. The van der Waals surface area contributed by atoms with E-state index in [-0.39, 0.29) is 0 Å². The van der Waals surface area contributed by atoms with E-state index in [0.29, 0.717) is 6.61 Å². The molecular formula is C22H19NO. The number of ether oxygens (including phenoxy) is 1. The second-order valence-corrected chi connectivity index (χ2v) is 5.72. The van der Waals surface area contributed by atoms with E-state index in [2.05, 4.69) is 59.6 Å². The number of rotatable bonds is 4. The van der Waals surface area contributed by atoms with Gasteiger partial charge in [0, 0.05) is 10.9 Å². The van der Waals surface area contributed by atoms with Crippen molar-refractivity contribution in [2.24, 2.45) is 0 Å². The van der Waals surface area contributed by atoms with Crippen molar-refractivity contribution in [1.29, 1.82) is 0 Å². The third-order valence-corrected chi connectivity index (χ3v) is 4.21. The summed E-state index contributed by atoms with van der Waals surface area (Å²) in [6, 6.07) is 27.1. The molecule has 0 aliphatic heterocycles. The molecule has 0 aliphatic rings. The second kappa shape index (κ2) is 6.25. The minimum absolute atomic E-state index is 0.652. The summed E-state index contributed by atoms with van der Waals surface area (Å²) in [6.07, 6.45) is 0. The minimum Gasteiger partial charge on any atom is -0.493 e. The van der Waals surface area contributed by atoms with Gasteiger partial charge in [0.1, 0.15) is 5.75 Å². The predicted molar refractivity (Wildman–Crippen MR) is 100 cm³/mol. The molecule has 0 saturated carbocycles. The summed E-state index contributed by atoms with van der Waals surface area (Å²) in [7, 11) is 0. The van der Waals surface area contributed by atoms with Gasteiger partial charge >= 0.3 is 0 Å². The van der Waals surface area contributed by atoms with Crippen molar-refractivity contribution < 1.29 is 4.74 Å². The van der Waals surface area contributed by atoms with Gasteiger partial charge in [-0.15, -0.1) is 0 Å². The van der Waals surface area contributed by atoms with E-state index in [1.807, 2.05) is 31.2 Å². The van der Waals surface area contributed by atoms with Crippen molar-refractivity contribution in [2.75, 3.05) is 6.61 Å². The Bertz CT molecular complexity index is 955. The third kappa shape index (κ3) is 2.46. The summed E-state index contributed by atoms with van der Waals surface area (Å²) < 4.78 is 5.91. The molecule has 1 heterocycles. The van der Waals surface area contributed by atoms with Gasteiger partial charge in [0.15, 0.2) is 0 Å². The van der Waals surface area contributed by atoms with Crippen molar-refractivity contribution in [3.63, 3.8) is 0 Å². The lowest BCUT2D eigenvalue weighted by Gasteiger charge is -2.09. The molecule has 3 aromatic carbocycles. The number of aromatic nitrogens is 1. The minimum atomic E-state index is 0.652. The van der Waals surface area contributed by atoms with Crippen molar-refractivity contribution in [3.8, 4) is 28.1 Å². The van der Waals surface area contributed by atoms with E-state index < -0.39 is 0 Å². The van der Waals surface area contributed by atoms with E-state index in [0.717, 1.165) is 22.3 Å². The molecule has 0 aliphatic carbocycles. The molecule has 24 heavy (non-hydrogen) atoms. The molecule has 118 valence electrons. The van der Waals surface area contributed by atoms with Gasteiger partial charge in [-0.2, -0.15) is 0 Å². The van der Waals surface area contributed by atoms with Gasteiger partial charge in [0.25, 0.3) is 0 Å². The third-order valence-electron chi connectivity index (χ3n) is 4.21. The lowest BCUT2D eigenvalue weighted by atomic mass is 9.98. The SMILES string of the molecule is CCOc1cccc2[nH]c(-c3ccccc3)c(-c3ccccc3)c12. The van der Waals surface area contributed by atoms with Crippen LogP contribution >= 0.6 is 0 Å². The van der Waals surface area contributed by atoms with Crippen LogP contribution in [0.15, 0.2) is 78.9 Å². The topological polar surface area (TPSA) is 25.0 Å². The zero-order chi connectivity index (χ0) is 16.4. The second-order valence-electron chi connectivity index (χ2n) is 5.72.